The van der Waals surface area contributed by atoms with Crippen LogP contribution in [0.25, 0.3) is 0 Å². The first-order valence-corrected chi connectivity index (χ1v) is 8.14. The number of rotatable bonds is 3. The van der Waals surface area contributed by atoms with Gasteiger partial charge in [-0.05, 0) is 36.8 Å². The Morgan fingerprint density at radius 1 is 1.19 bits per heavy atom. The molecule has 2 fully saturated rings. The number of likely N-dealkylation sites (tertiary alicyclic amines) is 1. The van der Waals surface area contributed by atoms with Crippen molar-refractivity contribution in [3.05, 3.63) is 35.4 Å². The molecule has 21 heavy (non-hydrogen) atoms. The van der Waals surface area contributed by atoms with E-state index in [2.05, 4.69) is 39.8 Å². The molecule has 1 saturated heterocycles. The van der Waals surface area contributed by atoms with Crippen molar-refractivity contribution in [2.45, 2.75) is 50.4 Å². The van der Waals surface area contributed by atoms with Crippen molar-refractivity contribution in [2.24, 2.45) is 0 Å². The van der Waals surface area contributed by atoms with Crippen LogP contribution in [0.3, 0.4) is 0 Å². The third-order valence-corrected chi connectivity index (χ3v) is 5.03. The Bertz CT molecular complexity index is 541. The number of fused-ring (bicyclic) bond motifs is 1. The average molecular weight is 285 g/mol. The molecule has 1 unspecified atom stereocenters. The number of benzene rings is 1. The van der Waals surface area contributed by atoms with Crippen LogP contribution in [0.4, 0.5) is 0 Å². The van der Waals surface area contributed by atoms with Gasteiger partial charge in [0, 0.05) is 31.7 Å². The van der Waals surface area contributed by atoms with Crippen molar-refractivity contribution >= 4 is 5.91 Å². The molecular weight excluding hydrogens is 262 g/mol. The van der Waals surface area contributed by atoms with E-state index in [0.717, 1.165) is 38.5 Å². The summed E-state index contributed by atoms with van der Waals surface area (Å²) in [4.78, 5) is 15.0. The predicted octanol–water partition coefficient (Wildman–Crippen LogP) is 1.05. The summed E-state index contributed by atoms with van der Waals surface area (Å²) in [5.74, 6) is 0.173. The van der Waals surface area contributed by atoms with Crippen LogP contribution in [0.2, 0.25) is 0 Å². The zero-order chi connectivity index (χ0) is 14.2. The van der Waals surface area contributed by atoms with E-state index in [4.69, 9.17) is 0 Å². The number of nitrogens with one attached hydrogen (secondary N) is 2. The molecule has 2 N–H and O–H groups in total. The Kier molecular flexibility index (Phi) is 3.43. The SMILES string of the molecule is O=C(NC1CCN(C2CC2)C1)[C@H]1Cc2ccccc2CN1. The second-order valence-corrected chi connectivity index (χ2v) is 6.63. The number of hydrogen-bond acceptors (Lipinski definition) is 3. The maximum atomic E-state index is 12.5. The Hall–Kier alpha value is -1.39. The lowest BCUT2D eigenvalue weighted by Crippen LogP contribution is -2.51. The molecule has 4 nitrogen and oxygen atoms in total. The van der Waals surface area contributed by atoms with Gasteiger partial charge in [0.15, 0.2) is 0 Å². The van der Waals surface area contributed by atoms with Crippen LogP contribution in [-0.2, 0) is 17.8 Å². The zero-order valence-corrected chi connectivity index (χ0v) is 12.3. The van der Waals surface area contributed by atoms with E-state index in [1.165, 1.54) is 24.0 Å². The van der Waals surface area contributed by atoms with Gasteiger partial charge in [-0.25, -0.2) is 0 Å². The van der Waals surface area contributed by atoms with E-state index >= 15 is 0 Å². The summed E-state index contributed by atoms with van der Waals surface area (Å²) in [6.45, 7) is 2.99. The quantitative estimate of drug-likeness (QED) is 0.872. The number of carbonyl (C=O) groups excluding carboxylic acids is 1. The maximum absolute atomic E-state index is 12.5. The molecule has 1 amide bonds. The van der Waals surface area contributed by atoms with Crippen LogP contribution < -0.4 is 10.6 Å². The fourth-order valence-electron chi connectivity index (χ4n) is 3.62. The number of amides is 1. The van der Waals surface area contributed by atoms with Crippen LogP contribution in [0.5, 0.6) is 0 Å². The van der Waals surface area contributed by atoms with Crippen molar-refractivity contribution < 1.29 is 4.79 Å². The van der Waals surface area contributed by atoms with E-state index in [-0.39, 0.29) is 11.9 Å². The smallest absolute Gasteiger partial charge is 0.237 e. The topological polar surface area (TPSA) is 44.4 Å². The Balaban J connectivity index is 1.34. The second kappa shape index (κ2) is 5.43. The van der Waals surface area contributed by atoms with Gasteiger partial charge in [-0.3, -0.25) is 9.69 Å². The molecule has 1 aliphatic carbocycles. The third kappa shape index (κ3) is 2.83. The standard InChI is InChI=1S/C17H23N3O/c21-17(19-14-7-8-20(11-14)15-5-6-15)16-9-12-3-1-2-4-13(12)10-18-16/h1-4,14-16,18H,5-11H2,(H,19,21)/t14?,16-/m1/s1. The fourth-order valence-corrected chi connectivity index (χ4v) is 3.62. The minimum Gasteiger partial charge on any atom is -0.351 e. The molecule has 3 aliphatic rings. The molecule has 2 aliphatic heterocycles. The molecule has 0 bridgehead atoms. The van der Waals surface area contributed by atoms with Gasteiger partial charge < -0.3 is 10.6 Å². The molecule has 0 radical (unpaired) electrons. The highest BCUT2D eigenvalue weighted by atomic mass is 16.2. The van der Waals surface area contributed by atoms with Crippen LogP contribution in [0.1, 0.15) is 30.4 Å². The molecule has 0 aromatic heterocycles. The van der Waals surface area contributed by atoms with Gasteiger partial charge in [-0.2, -0.15) is 0 Å². The van der Waals surface area contributed by atoms with E-state index in [1.807, 2.05) is 0 Å². The van der Waals surface area contributed by atoms with Crippen molar-refractivity contribution in [3.8, 4) is 0 Å². The average Bonchev–Trinajstić information content (AvgIpc) is 3.27. The Morgan fingerprint density at radius 2 is 2.00 bits per heavy atom. The lowest BCUT2D eigenvalue weighted by atomic mass is 9.95. The van der Waals surface area contributed by atoms with Crippen molar-refractivity contribution in [1.82, 2.24) is 15.5 Å². The largest absolute Gasteiger partial charge is 0.351 e. The van der Waals surface area contributed by atoms with Crippen molar-refractivity contribution in [1.29, 1.82) is 0 Å². The Labute approximate surface area is 125 Å². The second-order valence-electron chi connectivity index (χ2n) is 6.63. The monoisotopic (exact) mass is 285 g/mol. The lowest BCUT2D eigenvalue weighted by Gasteiger charge is -2.26. The predicted molar refractivity (Wildman–Crippen MR) is 81.9 cm³/mol. The molecule has 2 heterocycles. The van der Waals surface area contributed by atoms with Crippen molar-refractivity contribution in [3.63, 3.8) is 0 Å². The molecular formula is C17H23N3O. The number of carbonyl (C=O) groups is 1. The lowest BCUT2D eigenvalue weighted by molar-refractivity contribution is -0.124. The van der Waals surface area contributed by atoms with Crippen molar-refractivity contribution in [2.75, 3.05) is 13.1 Å². The van der Waals surface area contributed by atoms with Gasteiger partial charge in [0.05, 0.1) is 6.04 Å². The van der Waals surface area contributed by atoms with Gasteiger partial charge >= 0.3 is 0 Å². The first-order valence-electron chi connectivity index (χ1n) is 8.14. The highest BCUT2D eigenvalue weighted by molar-refractivity contribution is 5.82. The summed E-state index contributed by atoms with van der Waals surface area (Å²) in [5.41, 5.74) is 2.63. The van der Waals surface area contributed by atoms with Crippen LogP contribution in [-0.4, -0.2) is 42.0 Å². The fraction of sp³-hybridized carbons (Fsp3) is 0.588. The minimum absolute atomic E-state index is 0.0742. The molecule has 0 spiro atoms. The molecule has 4 rings (SSSR count). The first kappa shape index (κ1) is 13.3. The summed E-state index contributed by atoms with van der Waals surface area (Å²) in [6.07, 6.45) is 4.61. The van der Waals surface area contributed by atoms with E-state index in [0.29, 0.717) is 6.04 Å². The molecule has 1 aromatic carbocycles. The molecule has 4 heteroatoms. The summed E-state index contributed by atoms with van der Waals surface area (Å²) in [5, 5.41) is 6.62. The molecule has 1 aromatic rings. The van der Waals surface area contributed by atoms with Gasteiger partial charge in [0.25, 0.3) is 0 Å². The van der Waals surface area contributed by atoms with E-state index in [9.17, 15) is 4.79 Å². The highest BCUT2D eigenvalue weighted by Crippen LogP contribution is 2.29. The summed E-state index contributed by atoms with van der Waals surface area (Å²) in [7, 11) is 0. The molecule has 112 valence electrons. The Morgan fingerprint density at radius 3 is 2.81 bits per heavy atom. The minimum atomic E-state index is -0.0742. The van der Waals surface area contributed by atoms with Gasteiger partial charge in [-0.15, -0.1) is 0 Å². The van der Waals surface area contributed by atoms with E-state index in [1.54, 1.807) is 0 Å². The maximum Gasteiger partial charge on any atom is 0.237 e. The molecule has 2 atom stereocenters. The van der Waals surface area contributed by atoms with Gasteiger partial charge in [0.1, 0.15) is 0 Å². The van der Waals surface area contributed by atoms with E-state index < -0.39 is 0 Å². The summed E-state index contributed by atoms with van der Waals surface area (Å²) in [6, 6.07) is 9.48. The molecule has 1 saturated carbocycles. The normalized spacial score (nSPS) is 29.1. The van der Waals surface area contributed by atoms with Crippen LogP contribution in [0, 0.1) is 0 Å². The van der Waals surface area contributed by atoms with Gasteiger partial charge in [0.2, 0.25) is 5.91 Å². The summed E-state index contributed by atoms with van der Waals surface area (Å²) >= 11 is 0. The third-order valence-electron chi connectivity index (χ3n) is 5.03. The number of nitrogens with zero attached hydrogens (tertiary/aromatic N) is 1. The van der Waals surface area contributed by atoms with Gasteiger partial charge in [-0.1, -0.05) is 24.3 Å². The van der Waals surface area contributed by atoms with Crippen LogP contribution >= 0.6 is 0 Å². The summed E-state index contributed by atoms with van der Waals surface area (Å²) < 4.78 is 0. The highest BCUT2D eigenvalue weighted by Gasteiger charge is 2.35. The number of hydrogen-bond donors (Lipinski definition) is 2. The first-order chi connectivity index (χ1) is 10.3. The van der Waals surface area contributed by atoms with Crippen LogP contribution in [0.15, 0.2) is 24.3 Å². The zero-order valence-electron chi connectivity index (χ0n) is 12.3.